The van der Waals surface area contributed by atoms with Crippen LogP contribution in [0.1, 0.15) is 48.5 Å². The Morgan fingerprint density at radius 2 is 1.72 bits per heavy atom. The van der Waals surface area contributed by atoms with Gasteiger partial charge in [0, 0.05) is 11.3 Å². The predicted molar refractivity (Wildman–Crippen MR) is 95.1 cm³/mol. The Kier molecular flexibility index (Phi) is 4.83. The normalized spacial score (nSPS) is 15.6. The summed E-state index contributed by atoms with van der Waals surface area (Å²) in [6.45, 7) is 1.49. The summed E-state index contributed by atoms with van der Waals surface area (Å²) in [4.78, 5) is 24.0. The first-order chi connectivity index (χ1) is 12.0. The minimum atomic E-state index is -0.476. The highest BCUT2D eigenvalue weighted by Crippen LogP contribution is 2.38. The molecule has 0 bridgehead atoms. The second-order valence-electron chi connectivity index (χ2n) is 6.51. The van der Waals surface area contributed by atoms with Crippen LogP contribution < -0.4 is 10.6 Å². The van der Waals surface area contributed by atoms with Crippen molar-refractivity contribution >= 4 is 17.5 Å². The minimum Gasteiger partial charge on any atom is -0.328 e. The Labute approximate surface area is 146 Å². The lowest BCUT2D eigenvalue weighted by atomic mass is 9.88. The van der Waals surface area contributed by atoms with Crippen LogP contribution in [0.3, 0.4) is 0 Å². The van der Waals surface area contributed by atoms with Crippen molar-refractivity contribution in [2.75, 3.05) is 5.32 Å². The fourth-order valence-electron chi connectivity index (χ4n) is 3.43. The van der Waals surface area contributed by atoms with Crippen LogP contribution in [0.4, 0.5) is 14.9 Å². The maximum atomic E-state index is 13.2. The van der Waals surface area contributed by atoms with E-state index >= 15 is 0 Å². The second kappa shape index (κ2) is 7.05. The van der Waals surface area contributed by atoms with E-state index in [0.717, 1.165) is 31.2 Å². The number of halogens is 1. The highest BCUT2D eigenvalue weighted by Gasteiger charge is 2.37. The molecule has 1 aliphatic carbocycles. The molecule has 0 saturated heterocycles. The fourth-order valence-corrected chi connectivity index (χ4v) is 3.43. The third-order valence-corrected chi connectivity index (χ3v) is 4.73. The van der Waals surface area contributed by atoms with Crippen LogP contribution in [0.2, 0.25) is 0 Å². The van der Waals surface area contributed by atoms with Crippen LogP contribution in [0.15, 0.2) is 48.5 Å². The average molecular weight is 340 g/mol. The number of anilines is 1. The first-order valence-corrected chi connectivity index (χ1v) is 8.45. The zero-order chi connectivity index (χ0) is 17.9. The maximum Gasteiger partial charge on any atom is 0.319 e. The lowest BCUT2D eigenvalue weighted by molar-refractivity contribution is 0.101. The van der Waals surface area contributed by atoms with Gasteiger partial charge in [-0.25, -0.2) is 9.18 Å². The number of hydrogen-bond acceptors (Lipinski definition) is 2. The van der Waals surface area contributed by atoms with Gasteiger partial charge in [0.25, 0.3) is 0 Å². The maximum absolute atomic E-state index is 13.2. The van der Waals surface area contributed by atoms with E-state index in [1.165, 1.54) is 19.1 Å². The van der Waals surface area contributed by atoms with Gasteiger partial charge in [-0.2, -0.15) is 0 Å². The summed E-state index contributed by atoms with van der Waals surface area (Å²) in [5.74, 6) is -0.343. The second-order valence-corrected chi connectivity index (χ2v) is 6.51. The third-order valence-electron chi connectivity index (χ3n) is 4.73. The summed E-state index contributed by atoms with van der Waals surface area (Å²) in [5.41, 5.74) is 1.55. The van der Waals surface area contributed by atoms with E-state index in [1.807, 2.05) is 0 Å². The number of Topliss-reactive ketones (excluding diaryl/α,β-unsaturated/α-hetero) is 1. The van der Waals surface area contributed by atoms with Gasteiger partial charge in [0.05, 0.1) is 5.54 Å². The topological polar surface area (TPSA) is 58.2 Å². The first-order valence-electron chi connectivity index (χ1n) is 8.45. The van der Waals surface area contributed by atoms with Gasteiger partial charge in [-0.15, -0.1) is 0 Å². The Bertz CT molecular complexity index is 781. The molecule has 1 aliphatic rings. The van der Waals surface area contributed by atoms with Gasteiger partial charge < -0.3 is 10.6 Å². The summed E-state index contributed by atoms with van der Waals surface area (Å²) in [6, 6.07) is 12.8. The van der Waals surface area contributed by atoms with Crippen molar-refractivity contribution in [3.05, 3.63) is 65.5 Å². The summed E-state index contributed by atoms with van der Waals surface area (Å²) >= 11 is 0. The fraction of sp³-hybridized carbons (Fsp3) is 0.300. The minimum absolute atomic E-state index is 0.0531. The number of ketones is 1. The van der Waals surface area contributed by atoms with Crippen molar-refractivity contribution in [2.45, 2.75) is 38.1 Å². The zero-order valence-electron chi connectivity index (χ0n) is 14.1. The van der Waals surface area contributed by atoms with E-state index in [4.69, 9.17) is 0 Å². The van der Waals surface area contributed by atoms with Crippen molar-refractivity contribution in [1.82, 2.24) is 5.32 Å². The molecule has 25 heavy (non-hydrogen) atoms. The molecule has 3 rings (SSSR count). The summed E-state index contributed by atoms with van der Waals surface area (Å²) in [5, 5.41) is 5.86. The summed E-state index contributed by atoms with van der Waals surface area (Å²) in [6.07, 6.45) is 3.66. The monoisotopic (exact) mass is 340 g/mol. The number of benzene rings is 2. The number of nitrogens with one attached hydrogen (secondary N) is 2. The molecule has 2 amide bonds. The van der Waals surface area contributed by atoms with E-state index in [1.54, 1.807) is 36.4 Å². The molecule has 0 unspecified atom stereocenters. The third kappa shape index (κ3) is 3.87. The van der Waals surface area contributed by atoms with E-state index in [0.29, 0.717) is 11.3 Å². The Morgan fingerprint density at radius 3 is 2.36 bits per heavy atom. The molecule has 1 fully saturated rings. The van der Waals surface area contributed by atoms with Gasteiger partial charge in [0.2, 0.25) is 0 Å². The van der Waals surface area contributed by atoms with E-state index in [9.17, 15) is 14.0 Å². The molecule has 0 aromatic heterocycles. The molecule has 2 aromatic carbocycles. The standard InChI is InChI=1S/C20H21FN2O2/c1-14(24)15-5-4-6-18(13-15)22-19(25)23-20(11-2-3-12-20)16-7-9-17(21)10-8-16/h4-10,13H,2-3,11-12H2,1H3,(H2,22,23,25). The van der Waals surface area contributed by atoms with E-state index in [-0.39, 0.29) is 17.6 Å². The van der Waals surface area contributed by atoms with Gasteiger partial charge in [0.1, 0.15) is 5.82 Å². The van der Waals surface area contributed by atoms with Crippen molar-refractivity contribution in [3.63, 3.8) is 0 Å². The molecule has 0 atom stereocenters. The molecule has 0 radical (unpaired) electrons. The highest BCUT2D eigenvalue weighted by atomic mass is 19.1. The molecule has 1 saturated carbocycles. The number of rotatable bonds is 4. The summed E-state index contributed by atoms with van der Waals surface area (Å²) < 4.78 is 13.2. The van der Waals surface area contributed by atoms with Crippen molar-refractivity contribution in [2.24, 2.45) is 0 Å². The largest absolute Gasteiger partial charge is 0.328 e. The van der Waals surface area contributed by atoms with Crippen molar-refractivity contribution in [3.8, 4) is 0 Å². The molecule has 2 N–H and O–H groups in total. The average Bonchev–Trinajstić information content (AvgIpc) is 3.05. The number of carbonyl (C=O) groups is 2. The van der Waals surface area contributed by atoms with Crippen LogP contribution in [-0.2, 0) is 5.54 Å². The summed E-state index contributed by atoms with van der Waals surface area (Å²) in [7, 11) is 0. The SMILES string of the molecule is CC(=O)c1cccc(NC(=O)NC2(c3ccc(F)cc3)CCCC2)c1. The quantitative estimate of drug-likeness (QED) is 0.798. The Morgan fingerprint density at radius 1 is 1.04 bits per heavy atom. The molecular weight excluding hydrogens is 319 g/mol. The Hall–Kier alpha value is -2.69. The number of amides is 2. The van der Waals surface area contributed by atoms with Crippen molar-refractivity contribution < 1.29 is 14.0 Å². The van der Waals surface area contributed by atoms with Crippen LogP contribution >= 0.6 is 0 Å². The Balaban J connectivity index is 1.76. The van der Waals surface area contributed by atoms with Crippen LogP contribution in [0, 0.1) is 5.82 Å². The lowest BCUT2D eigenvalue weighted by Gasteiger charge is -2.31. The number of carbonyl (C=O) groups excluding carboxylic acids is 2. The number of urea groups is 1. The van der Waals surface area contributed by atoms with Crippen LogP contribution in [0.25, 0.3) is 0 Å². The van der Waals surface area contributed by atoms with Crippen LogP contribution in [-0.4, -0.2) is 11.8 Å². The molecule has 4 nitrogen and oxygen atoms in total. The molecule has 5 heteroatoms. The molecule has 0 heterocycles. The highest BCUT2D eigenvalue weighted by molar-refractivity contribution is 5.96. The van der Waals surface area contributed by atoms with Gasteiger partial charge in [0.15, 0.2) is 5.78 Å². The number of hydrogen-bond donors (Lipinski definition) is 2. The van der Waals surface area contributed by atoms with Crippen LogP contribution in [0.5, 0.6) is 0 Å². The van der Waals surface area contributed by atoms with Gasteiger partial charge in [-0.1, -0.05) is 37.1 Å². The van der Waals surface area contributed by atoms with Crippen molar-refractivity contribution in [1.29, 1.82) is 0 Å². The van der Waals surface area contributed by atoms with Gasteiger partial charge in [-0.3, -0.25) is 4.79 Å². The van der Waals surface area contributed by atoms with Gasteiger partial charge in [-0.05, 0) is 49.6 Å². The zero-order valence-corrected chi connectivity index (χ0v) is 14.1. The molecule has 0 spiro atoms. The molecule has 2 aromatic rings. The van der Waals surface area contributed by atoms with Gasteiger partial charge >= 0.3 is 6.03 Å². The molecule has 130 valence electrons. The molecule has 0 aliphatic heterocycles. The predicted octanol–water partition coefficient (Wildman–Crippen LogP) is 4.62. The molecular formula is C20H21FN2O2. The lowest BCUT2D eigenvalue weighted by Crippen LogP contribution is -2.45. The van der Waals surface area contributed by atoms with E-state index < -0.39 is 5.54 Å². The first kappa shape index (κ1) is 17.1. The smallest absolute Gasteiger partial charge is 0.319 e. The van der Waals surface area contributed by atoms with E-state index in [2.05, 4.69) is 10.6 Å².